The monoisotopic (exact) mass is 427 g/mol. The van der Waals surface area contributed by atoms with E-state index < -0.39 is 61.2 Å². The van der Waals surface area contributed by atoms with Gasteiger partial charge in [-0.3, -0.25) is 0 Å². The minimum absolute atomic E-state index is 0.536. The SMILES string of the molecule is CC(C(F)C(F)(F)C(F)(F)C(F)(F)C(F)(F)C(O)(F)[C](F)F)C(F)(F)F. The van der Waals surface area contributed by atoms with Crippen molar-refractivity contribution in [3.8, 4) is 0 Å². The van der Waals surface area contributed by atoms with Gasteiger partial charge in [0.15, 0.2) is 6.17 Å². The number of hydrogen-bond donors (Lipinski definition) is 1. The van der Waals surface area contributed by atoms with E-state index in [2.05, 4.69) is 0 Å². The van der Waals surface area contributed by atoms with E-state index in [4.69, 9.17) is 5.11 Å². The molecule has 0 aromatic rings. The van der Waals surface area contributed by atoms with E-state index in [9.17, 15) is 65.9 Å². The van der Waals surface area contributed by atoms with Crippen molar-refractivity contribution < 1.29 is 71.0 Å². The Labute approximate surface area is 133 Å². The lowest BCUT2D eigenvalue weighted by atomic mass is 9.88. The first-order chi connectivity index (χ1) is 11.0. The number of halogens is 15. The zero-order valence-corrected chi connectivity index (χ0v) is 11.8. The first kappa shape index (κ1) is 24.9. The number of aliphatic hydroxyl groups is 1. The Morgan fingerprint density at radius 2 is 1.04 bits per heavy atom. The van der Waals surface area contributed by atoms with E-state index >= 15 is 0 Å². The predicted octanol–water partition coefficient (Wildman–Crippen LogP) is 5.15. The molecule has 1 nitrogen and oxygen atoms in total. The summed E-state index contributed by atoms with van der Waals surface area (Å²) >= 11 is 0. The van der Waals surface area contributed by atoms with Crippen molar-refractivity contribution in [2.24, 2.45) is 5.92 Å². The van der Waals surface area contributed by atoms with Crippen LogP contribution < -0.4 is 0 Å². The topological polar surface area (TPSA) is 20.2 Å². The molecule has 0 rings (SSSR count). The van der Waals surface area contributed by atoms with E-state index in [-0.39, 0.29) is 0 Å². The van der Waals surface area contributed by atoms with Crippen LogP contribution in [0.5, 0.6) is 0 Å². The minimum Gasteiger partial charge on any atom is -0.352 e. The summed E-state index contributed by atoms with van der Waals surface area (Å²) in [4.78, 5) is 0. The molecule has 0 aliphatic carbocycles. The van der Waals surface area contributed by atoms with Gasteiger partial charge in [0, 0.05) is 0 Å². The summed E-state index contributed by atoms with van der Waals surface area (Å²) in [6, 6.07) is 0. The highest BCUT2D eigenvalue weighted by molar-refractivity contribution is 5.13. The van der Waals surface area contributed by atoms with Gasteiger partial charge in [-0.2, -0.15) is 61.5 Å². The lowest BCUT2D eigenvalue weighted by molar-refractivity contribution is -0.423. The first-order valence-corrected chi connectivity index (χ1v) is 5.83. The smallest absolute Gasteiger partial charge is 0.352 e. The lowest BCUT2D eigenvalue weighted by Gasteiger charge is -2.41. The van der Waals surface area contributed by atoms with E-state index in [1.54, 1.807) is 0 Å². The second-order valence-corrected chi connectivity index (χ2v) is 4.96. The molecule has 26 heavy (non-hydrogen) atoms. The van der Waals surface area contributed by atoms with Crippen molar-refractivity contribution in [1.29, 1.82) is 0 Å². The number of rotatable bonds is 7. The van der Waals surface area contributed by atoms with Crippen molar-refractivity contribution in [2.75, 3.05) is 0 Å². The molecule has 157 valence electrons. The Morgan fingerprint density at radius 3 is 1.31 bits per heavy atom. The summed E-state index contributed by atoms with van der Waals surface area (Å²) < 4.78 is 190. The zero-order valence-electron chi connectivity index (χ0n) is 11.8. The van der Waals surface area contributed by atoms with Crippen LogP contribution in [0.1, 0.15) is 6.92 Å². The Bertz CT molecular complexity index is 493. The van der Waals surface area contributed by atoms with Crippen LogP contribution in [0.2, 0.25) is 0 Å². The Hall–Kier alpha value is -1.09. The van der Waals surface area contributed by atoms with Crippen molar-refractivity contribution in [2.45, 2.75) is 48.8 Å². The first-order valence-electron chi connectivity index (χ1n) is 5.83. The minimum atomic E-state index is -7.97. The highest BCUT2D eigenvalue weighted by atomic mass is 19.4. The van der Waals surface area contributed by atoms with E-state index in [1.807, 2.05) is 0 Å². The summed E-state index contributed by atoms with van der Waals surface area (Å²) in [6.45, 7) is -0.536. The van der Waals surface area contributed by atoms with Crippen LogP contribution in [0.3, 0.4) is 0 Å². The predicted molar refractivity (Wildman–Crippen MR) is 51.4 cm³/mol. The molecule has 0 aliphatic heterocycles. The molecule has 0 bridgehead atoms. The number of alkyl halides is 13. The highest BCUT2D eigenvalue weighted by Gasteiger charge is 2.88. The van der Waals surface area contributed by atoms with Crippen molar-refractivity contribution >= 4 is 0 Å². The fourth-order valence-electron chi connectivity index (χ4n) is 1.39. The molecule has 0 saturated heterocycles. The largest absolute Gasteiger partial charge is 0.394 e. The van der Waals surface area contributed by atoms with Gasteiger partial charge in [-0.25, -0.2) is 4.39 Å². The van der Waals surface area contributed by atoms with Crippen LogP contribution in [0.25, 0.3) is 0 Å². The van der Waals surface area contributed by atoms with Crippen LogP contribution in [-0.2, 0) is 0 Å². The fourth-order valence-corrected chi connectivity index (χ4v) is 1.39. The molecular weight excluding hydrogens is 421 g/mol. The van der Waals surface area contributed by atoms with Gasteiger partial charge in [0.1, 0.15) is 0 Å². The molecule has 1 radical (unpaired) electrons. The van der Waals surface area contributed by atoms with Crippen molar-refractivity contribution in [1.82, 2.24) is 0 Å². The summed E-state index contributed by atoms with van der Waals surface area (Å²) in [5.74, 6) is -41.8. The molecule has 16 heteroatoms. The maximum Gasteiger partial charge on any atom is 0.394 e. The molecule has 0 spiro atoms. The van der Waals surface area contributed by atoms with Gasteiger partial charge in [0.2, 0.25) is 0 Å². The van der Waals surface area contributed by atoms with Gasteiger partial charge in [-0.1, -0.05) is 6.92 Å². The third-order valence-corrected chi connectivity index (χ3v) is 3.18. The van der Waals surface area contributed by atoms with Crippen LogP contribution >= 0.6 is 0 Å². The molecular formula is C10H6F15O. The van der Waals surface area contributed by atoms with E-state index in [0.29, 0.717) is 0 Å². The Kier molecular flexibility index (Phi) is 6.24. The van der Waals surface area contributed by atoms with Crippen LogP contribution in [0, 0.1) is 12.3 Å². The van der Waals surface area contributed by atoms with Crippen molar-refractivity contribution in [3.63, 3.8) is 0 Å². The van der Waals surface area contributed by atoms with E-state index in [1.165, 1.54) is 0 Å². The molecule has 0 aromatic heterocycles. The third kappa shape index (κ3) is 3.40. The second kappa shape index (κ2) is 6.51. The third-order valence-electron chi connectivity index (χ3n) is 3.18. The average molecular weight is 427 g/mol. The zero-order chi connectivity index (χ0) is 21.7. The van der Waals surface area contributed by atoms with Crippen molar-refractivity contribution in [3.05, 3.63) is 6.43 Å². The van der Waals surface area contributed by atoms with Gasteiger partial charge in [0.25, 0.3) is 0 Å². The van der Waals surface area contributed by atoms with E-state index in [0.717, 1.165) is 0 Å². The molecule has 0 heterocycles. The highest BCUT2D eigenvalue weighted by Crippen LogP contribution is 2.59. The standard InChI is InChI=1S/C10H6F15O/c1-2(7(17,18)19)3(11)5(14,15)8(20,21)10(24,25)9(22,23)6(16,26)4(12)13/h2-3,26H,1H3. The summed E-state index contributed by atoms with van der Waals surface area (Å²) in [5, 5.41) is 7.93. The van der Waals surface area contributed by atoms with Gasteiger partial charge in [-0.15, -0.1) is 0 Å². The Balaban J connectivity index is 6.27. The van der Waals surface area contributed by atoms with Gasteiger partial charge in [-0.05, 0) is 0 Å². The Morgan fingerprint density at radius 1 is 0.692 bits per heavy atom. The fraction of sp³-hybridized carbons (Fsp3) is 0.900. The molecule has 1 N–H and O–H groups in total. The van der Waals surface area contributed by atoms with Gasteiger partial charge >= 0.3 is 42.1 Å². The molecule has 3 atom stereocenters. The summed E-state index contributed by atoms with van der Waals surface area (Å²) in [6.07, 6.45) is -16.0. The molecule has 3 unspecified atom stereocenters. The van der Waals surface area contributed by atoms with Gasteiger partial charge < -0.3 is 5.11 Å². The maximum absolute atomic E-state index is 13.2. The quantitative estimate of drug-likeness (QED) is 0.558. The molecule has 0 saturated carbocycles. The molecule has 0 aromatic carbocycles. The molecule has 0 amide bonds. The van der Waals surface area contributed by atoms with Crippen LogP contribution in [0.4, 0.5) is 65.9 Å². The number of hydrogen-bond acceptors (Lipinski definition) is 1. The van der Waals surface area contributed by atoms with Crippen LogP contribution in [-0.4, -0.2) is 47.0 Å². The summed E-state index contributed by atoms with van der Waals surface area (Å²) in [5.41, 5.74) is 0. The normalized spacial score (nSPS) is 20.1. The average Bonchev–Trinajstić information content (AvgIpc) is 2.43. The summed E-state index contributed by atoms with van der Waals surface area (Å²) in [7, 11) is 0. The van der Waals surface area contributed by atoms with Crippen LogP contribution in [0.15, 0.2) is 0 Å². The second-order valence-electron chi connectivity index (χ2n) is 4.96. The maximum atomic E-state index is 13.2. The molecule has 0 fully saturated rings. The lowest BCUT2D eigenvalue weighted by Crippen LogP contribution is -2.71. The molecule has 0 aliphatic rings. The van der Waals surface area contributed by atoms with Gasteiger partial charge in [0.05, 0.1) is 5.92 Å².